The maximum atomic E-state index is 12.2. The molecule has 0 aromatic heterocycles. The standard InChI is InChI=1S/C17H17BrO4/c1-11-5-6-12(10-14(11)18)9-13-15(19)21-17(22-16(13)20)7-3-2-4-8-17/h5-6,9-10H,2-4,7-8H2,1H3. The molecule has 0 radical (unpaired) electrons. The second-order valence-electron chi connectivity index (χ2n) is 5.82. The fourth-order valence-electron chi connectivity index (χ4n) is 2.83. The van der Waals surface area contributed by atoms with Crippen LogP contribution in [0.25, 0.3) is 6.08 Å². The van der Waals surface area contributed by atoms with Gasteiger partial charge in [0.25, 0.3) is 5.79 Å². The van der Waals surface area contributed by atoms with Gasteiger partial charge in [-0.1, -0.05) is 34.5 Å². The maximum Gasteiger partial charge on any atom is 0.348 e. The van der Waals surface area contributed by atoms with Crippen LogP contribution >= 0.6 is 15.9 Å². The zero-order valence-corrected chi connectivity index (χ0v) is 13.9. The van der Waals surface area contributed by atoms with Crippen molar-refractivity contribution in [3.05, 3.63) is 39.4 Å². The van der Waals surface area contributed by atoms with E-state index in [4.69, 9.17) is 9.47 Å². The second-order valence-corrected chi connectivity index (χ2v) is 6.67. The van der Waals surface area contributed by atoms with Crippen LogP contribution in [0.2, 0.25) is 0 Å². The van der Waals surface area contributed by atoms with Crippen molar-refractivity contribution in [3.63, 3.8) is 0 Å². The van der Waals surface area contributed by atoms with Gasteiger partial charge in [-0.05, 0) is 43.0 Å². The molecule has 1 saturated heterocycles. The minimum absolute atomic E-state index is 0.0491. The van der Waals surface area contributed by atoms with Gasteiger partial charge < -0.3 is 9.47 Å². The predicted octanol–water partition coefficient (Wildman–Crippen LogP) is 3.90. The number of hydrogen-bond donors (Lipinski definition) is 0. The maximum absolute atomic E-state index is 12.2. The van der Waals surface area contributed by atoms with Crippen molar-refractivity contribution >= 4 is 33.9 Å². The number of halogens is 1. The Labute approximate surface area is 137 Å². The SMILES string of the molecule is Cc1ccc(C=C2C(=O)OC3(CCCCC3)OC2=O)cc1Br. The molecule has 0 bridgehead atoms. The highest BCUT2D eigenvalue weighted by molar-refractivity contribution is 9.10. The molecular formula is C17H17BrO4. The summed E-state index contributed by atoms with van der Waals surface area (Å²) in [4.78, 5) is 24.5. The van der Waals surface area contributed by atoms with Crippen molar-refractivity contribution in [2.75, 3.05) is 0 Å². The van der Waals surface area contributed by atoms with Gasteiger partial charge in [0, 0.05) is 17.3 Å². The van der Waals surface area contributed by atoms with Crippen LogP contribution in [-0.2, 0) is 19.1 Å². The Kier molecular flexibility index (Phi) is 4.08. The molecule has 1 saturated carbocycles. The van der Waals surface area contributed by atoms with Gasteiger partial charge in [0.2, 0.25) is 0 Å². The highest BCUT2D eigenvalue weighted by Gasteiger charge is 2.46. The third-order valence-electron chi connectivity index (χ3n) is 4.12. The number of carbonyl (C=O) groups is 2. The average molecular weight is 365 g/mol. The first-order valence-electron chi connectivity index (χ1n) is 7.44. The minimum Gasteiger partial charge on any atom is -0.419 e. The van der Waals surface area contributed by atoms with Crippen molar-refractivity contribution < 1.29 is 19.1 Å². The highest BCUT2D eigenvalue weighted by Crippen LogP contribution is 2.37. The second kappa shape index (κ2) is 5.88. The first kappa shape index (κ1) is 15.3. The number of hydrogen-bond acceptors (Lipinski definition) is 4. The molecule has 22 heavy (non-hydrogen) atoms. The zero-order chi connectivity index (χ0) is 15.7. The molecule has 1 aliphatic carbocycles. The lowest BCUT2D eigenvalue weighted by atomic mass is 9.93. The zero-order valence-electron chi connectivity index (χ0n) is 12.4. The lowest BCUT2D eigenvalue weighted by Gasteiger charge is -2.38. The molecule has 5 heteroatoms. The van der Waals surface area contributed by atoms with E-state index in [2.05, 4.69) is 15.9 Å². The molecule has 0 atom stereocenters. The van der Waals surface area contributed by atoms with Crippen LogP contribution in [0, 0.1) is 6.92 Å². The lowest BCUT2D eigenvalue weighted by molar-refractivity contribution is -0.244. The first-order chi connectivity index (χ1) is 10.5. The molecule has 1 aliphatic heterocycles. The van der Waals surface area contributed by atoms with Crippen LogP contribution < -0.4 is 0 Å². The quantitative estimate of drug-likeness (QED) is 0.430. The van der Waals surface area contributed by atoms with E-state index in [9.17, 15) is 9.59 Å². The Morgan fingerprint density at radius 2 is 1.73 bits per heavy atom. The van der Waals surface area contributed by atoms with E-state index in [-0.39, 0.29) is 5.57 Å². The summed E-state index contributed by atoms with van der Waals surface area (Å²) in [5.41, 5.74) is 1.78. The first-order valence-corrected chi connectivity index (χ1v) is 8.23. The number of esters is 2. The summed E-state index contributed by atoms with van der Waals surface area (Å²) in [6.07, 6.45) is 5.60. The number of rotatable bonds is 1. The summed E-state index contributed by atoms with van der Waals surface area (Å²) in [7, 11) is 0. The van der Waals surface area contributed by atoms with Crippen LogP contribution in [0.1, 0.15) is 43.2 Å². The molecular weight excluding hydrogens is 348 g/mol. The van der Waals surface area contributed by atoms with Crippen molar-refractivity contribution in [2.45, 2.75) is 44.8 Å². The van der Waals surface area contributed by atoms with E-state index in [1.165, 1.54) is 6.08 Å². The largest absolute Gasteiger partial charge is 0.419 e. The van der Waals surface area contributed by atoms with Gasteiger partial charge in [0.05, 0.1) is 0 Å². The van der Waals surface area contributed by atoms with Crippen molar-refractivity contribution in [1.29, 1.82) is 0 Å². The Morgan fingerprint density at radius 3 is 2.32 bits per heavy atom. The number of carbonyl (C=O) groups excluding carboxylic acids is 2. The molecule has 2 fully saturated rings. The third kappa shape index (κ3) is 2.95. The predicted molar refractivity (Wildman–Crippen MR) is 84.9 cm³/mol. The summed E-state index contributed by atoms with van der Waals surface area (Å²) in [5, 5.41) is 0. The Morgan fingerprint density at radius 1 is 1.09 bits per heavy atom. The Balaban J connectivity index is 1.86. The Hall–Kier alpha value is -1.62. The minimum atomic E-state index is -1.03. The topological polar surface area (TPSA) is 52.6 Å². The van der Waals surface area contributed by atoms with Gasteiger partial charge >= 0.3 is 11.9 Å². The molecule has 1 spiro atoms. The Bertz CT molecular complexity index is 635. The number of ether oxygens (including phenoxy) is 2. The highest BCUT2D eigenvalue weighted by atomic mass is 79.9. The number of benzene rings is 1. The monoisotopic (exact) mass is 364 g/mol. The van der Waals surface area contributed by atoms with Gasteiger partial charge in [-0.2, -0.15) is 0 Å². The molecule has 1 heterocycles. The molecule has 116 valence electrons. The fourth-order valence-corrected chi connectivity index (χ4v) is 3.23. The molecule has 0 N–H and O–H groups in total. The van der Waals surface area contributed by atoms with Gasteiger partial charge in [-0.15, -0.1) is 0 Å². The molecule has 0 unspecified atom stereocenters. The van der Waals surface area contributed by atoms with Gasteiger partial charge in [0.15, 0.2) is 0 Å². The van der Waals surface area contributed by atoms with Crippen molar-refractivity contribution in [3.8, 4) is 0 Å². The molecule has 2 aliphatic rings. The third-order valence-corrected chi connectivity index (χ3v) is 4.97. The van der Waals surface area contributed by atoms with Crippen LogP contribution in [0.15, 0.2) is 28.2 Å². The van der Waals surface area contributed by atoms with Crippen LogP contribution in [-0.4, -0.2) is 17.7 Å². The molecule has 4 nitrogen and oxygen atoms in total. The summed E-state index contributed by atoms with van der Waals surface area (Å²) < 4.78 is 11.8. The average Bonchev–Trinajstić information content (AvgIpc) is 2.47. The van der Waals surface area contributed by atoms with Crippen molar-refractivity contribution in [1.82, 2.24) is 0 Å². The number of aryl methyl sites for hydroxylation is 1. The molecule has 1 aromatic rings. The molecule has 1 aromatic carbocycles. The summed E-state index contributed by atoms with van der Waals surface area (Å²) in [5.74, 6) is -2.21. The van der Waals surface area contributed by atoms with E-state index in [1.807, 2.05) is 25.1 Å². The van der Waals surface area contributed by atoms with E-state index in [0.29, 0.717) is 12.8 Å². The molecule has 0 amide bonds. The summed E-state index contributed by atoms with van der Waals surface area (Å²) >= 11 is 3.44. The van der Waals surface area contributed by atoms with Crippen LogP contribution in [0.3, 0.4) is 0 Å². The van der Waals surface area contributed by atoms with Crippen LogP contribution in [0.4, 0.5) is 0 Å². The van der Waals surface area contributed by atoms with E-state index >= 15 is 0 Å². The fraction of sp³-hybridized carbons (Fsp3) is 0.412. The van der Waals surface area contributed by atoms with Gasteiger partial charge in [0.1, 0.15) is 5.57 Å². The lowest BCUT2D eigenvalue weighted by Crippen LogP contribution is -2.47. The summed E-state index contributed by atoms with van der Waals surface area (Å²) in [6, 6.07) is 5.62. The van der Waals surface area contributed by atoms with Crippen LogP contribution in [0.5, 0.6) is 0 Å². The van der Waals surface area contributed by atoms with Gasteiger partial charge in [-0.25, -0.2) is 9.59 Å². The summed E-state index contributed by atoms with van der Waals surface area (Å²) in [6.45, 7) is 1.97. The van der Waals surface area contributed by atoms with E-state index in [0.717, 1.165) is 34.9 Å². The van der Waals surface area contributed by atoms with Crippen molar-refractivity contribution in [2.24, 2.45) is 0 Å². The van der Waals surface area contributed by atoms with Gasteiger partial charge in [-0.3, -0.25) is 0 Å². The van der Waals surface area contributed by atoms with E-state index in [1.54, 1.807) is 0 Å². The smallest absolute Gasteiger partial charge is 0.348 e. The molecule has 3 rings (SSSR count). The normalized spacial score (nSPS) is 20.5. The van der Waals surface area contributed by atoms with E-state index < -0.39 is 17.7 Å².